The van der Waals surface area contributed by atoms with Crippen molar-refractivity contribution >= 4 is 12.2 Å². The molecule has 0 aromatic heterocycles. The molecule has 152 valence electrons. The molecule has 5 nitrogen and oxygen atoms in total. The normalized spacial score (nSPS) is 12.4. The molecule has 0 fully saturated rings. The number of hydrogen-bond acceptors (Lipinski definition) is 5. The van der Waals surface area contributed by atoms with Crippen LogP contribution in [-0.4, -0.2) is 56.6 Å². The fraction of sp³-hybridized carbons (Fsp3) is 0.391. The summed E-state index contributed by atoms with van der Waals surface area (Å²) in [6.45, 7) is 6.93. The zero-order valence-corrected chi connectivity index (χ0v) is 17.2. The van der Waals surface area contributed by atoms with Crippen LogP contribution in [0.5, 0.6) is 17.2 Å². The van der Waals surface area contributed by atoms with Gasteiger partial charge in [-0.1, -0.05) is 38.1 Å². The van der Waals surface area contributed by atoms with Crippen LogP contribution < -0.4 is 14.2 Å². The summed E-state index contributed by atoms with van der Waals surface area (Å²) in [5.74, 6) is 2.26. The van der Waals surface area contributed by atoms with Gasteiger partial charge >= 0.3 is 0 Å². The zero-order valence-electron chi connectivity index (χ0n) is 17.2. The molecule has 0 saturated heterocycles. The Morgan fingerprint density at radius 1 is 0.857 bits per heavy atom. The van der Waals surface area contributed by atoms with E-state index in [0.29, 0.717) is 6.54 Å². The highest BCUT2D eigenvalue weighted by Gasteiger charge is 2.09. The lowest BCUT2D eigenvalue weighted by atomic mass is 10.1. The van der Waals surface area contributed by atoms with E-state index in [0.717, 1.165) is 41.5 Å². The number of nitrogens with zero attached hydrogens (tertiary/aromatic N) is 1. The first-order chi connectivity index (χ1) is 13.6. The first-order valence-electron chi connectivity index (χ1n) is 9.62. The van der Waals surface area contributed by atoms with E-state index in [1.807, 2.05) is 54.6 Å². The maximum atomic E-state index is 10.1. The number of benzene rings is 2. The molecule has 0 aliphatic rings. The maximum absolute atomic E-state index is 10.1. The lowest BCUT2D eigenvalue weighted by molar-refractivity contribution is 0.0716. The molecule has 0 radical (unpaired) electrons. The minimum atomic E-state index is -0.498. The molecule has 0 aliphatic carbocycles. The molecule has 0 unspecified atom stereocenters. The van der Waals surface area contributed by atoms with Crippen molar-refractivity contribution in [2.24, 2.45) is 0 Å². The van der Waals surface area contributed by atoms with E-state index in [1.54, 1.807) is 14.2 Å². The van der Waals surface area contributed by atoms with Crippen molar-refractivity contribution in [3.05, 3.63) is 53.6 Å². The number of rotatable bonds is 11. The molecule has 2 aromatic rings. The van der Waals surface area contributed by atoms with Gasteiger partial charge in [-0.25, -0.2) is 0 Å². The van der Waals surface area contributed by atoms with Gasteiger partial charge in [0, 0.05) is 12.6 Å². The summed E-state index contributed by atoms with van der Waals surface area (Å²) in [5.41, 5.74) is 2.05. The number of aliphatic hydroxyl groups excluding tert-OH is 1. The third-order valence-electron chi connectivity index (χ3n) is 4.53. The summed E-state index contributed by atoms with van der Waals surface area (Å²) >= 11 is 0. The maximum Gasteiger partial charge on any atom is 0.123 e. The van der Waals surface area contributed by atoms with Gasteiger partial charge in [0.2, 0.25) is 0 Å². The third-order valence-corrected chi connectivity index (χ3v) is 4.53. The predicted molar refractivity (Wildman–Crippen MR) is 114 cm³/mol. The summed E-state index contributed by atoms with van der Waals surface area (Å²) in [5, 5.41) is 10.1. The van der Waals surface area contributed by atoms with E-state index in [4.69, 9.17) is 14.2 Å². The number of aliphatic hydroxyl groups is 1. The van der Waals surface area contributed by atoms with E-state index < -0.39 is 6.10 Å². The second kappa shape index (κ2) is 11.4. The van der Waals surface area contributed by atoms with Crippen molar-refractivity contribution in [2.45, 2.75) is 20.0 Å². The van der Waals surface area contributed by atoms with Crippen LogP contribution in [0.4, 0.5) is 0 Å². The Hall–Kier alpha value is -2.50. The Balaban J connectivity index is 1.93. The van der Waals surface area contributed by atoms with Crippen LogP contribution in [0, 0.1) is 0 Å². The molecule has 0 spiro atoms. The Kier molecular flexibility index (Phi) is 8.85. The van der Waals surface area contributed by atoms with Gasteiger partial charge in [0.25, 0.3) is 0 Å². The fourth-order valence-electron chi connectivity index (χ4n) is 2.82. The zero-order chi connectivity index (χ0) is 20.4. The molecule has 2 aromatic carbocycles. The average Bonchev–Trinajstić information content (AvgIpc) is 2.74. The van der Waals surface area contributed by atoms with Crippen molar-refractivity contribution in [3.8, 4) is 17.2 Å². The van der Waals surface area contributed by atoms with Crippen molar-refractivity contribution in [1.29, 1.82) is 0 Å². The molecular weight excluding hydrogens is 354 g/mol. The quantitative estimate of drug-likeness (QED) is 0.594. The van der Waals surface area contributed by atoms with E-state index in [1.165, 1.54) is 0 Å². The highest BCUT2D eigenvalue weighted by atomic mass is 16.5. The third kappa shape index (κ3) is 6.91. The van der Waals surface area contributed by atoms with Gasteiger partial charge in [0.15, 0.2) is 0 Å². The summed E-state index contributed by atoms with van der Waals surface area (Å²) in [6, 6.07) is 13.5. The SMILES string of the molecule is CCN(CC)C[C@@H](O)COc1ccc(/C=C/c2cc(OC)cc(OC)c2)cc1. The van der Waals surface area contributed by atoms with Gasteiger partial charge < -0.3 is 24.2 Å². The van der Waals surface area contributed by atoms with Gasteiger partial charge in [-0.3, -0.25) is 0 Å². The van der Waals surface area contributed by atoms with Crippen LogP contribution in [0.1, 0.15) is 25.0 Å². The molecular formula is C23H31NO4. The van der Waals surface area contributed by atoms with Gasteiger partial charge in [0.1, 0.15) is 30.0 Å². The highest BCUT2D eigenvalue weighted by molar-refractivity contribution is 5.71. The van der Waals surface area contributed by atoms with E-state index in [-0.39, 0.29) is 6.61 Å². The highest BCUT2D eigenvalue weighted by Crippen LogP contribution is 2.24. The van der Waals surface area contributed by atoms with Crippen molar-refractivity contribution in [2.75, 3.05) is 40.5 Å². The second-order valence-electron chi connectivity index (χ2n) is 6.50. The summed E-state index contributed by atoms with van der Waals surface area (Å²) in [6.07, 6.45) is 3.53. The first kappa shape index (κ1) is 21.8. The van der Waals surface area contributed by atoms with Crippen molar-refractivity contribution < 1.29 is 19.3 Å². The van der Waals surface area contributed by atoms with Crippen molar-refractivity contribution in [1.82, 2.24) is 4.90 Å². The molecule has 2 rings (SSSR count). The first-order valence-corrected chi connectivity index (χ1v) is 9.62. The summed E-state index contributed by atoms with van der Waals surface area (Å²) in [7, 11) is 3.28. The molecule has 0 bridgehead atoms. The van der Waals surface area contributed by atoms with E-state index >= 15 is 0 Å². The minimum absolute atomic E-state index is 0.287. The molecule has 28 heavy (non-hydrogen) atoms. The van der Waals surface area contributed by atoms with Gasteiger partial charge in [-0.15, -0.1) is 0 Å². The number of ether oxygens (including phenoxy) is 3. The summed E-state index contributed by atoms with van der Waals surface area (Å²) < 4.78 is 16.3. The molecule has 5 heteroatoms. The minimum Gasteiger partial charge on any atom is -0.497 e. The van der Waals surface area contributed by atoms with Crippen LogP contribution in [0.3, 0.4) is 0 Å². The van der Waals surface area contributed by atoms with Gasteiger partial charge in [0.05, 0.1) is 14.2 Å². The Bertz CT molecular complexity index is 717. The largest absolute Gasteiger partial charge is 0.497 e. The van der Waals surface area contributed by atoms with E-state index in [9.17, 15) is 5.11 Å². The fourth-order valence-corrected chi connectivity index (χ4v) is 2.82. The van der Waals surface area contributed by atoms with Crippen LogP contribution >= 0.6 is 0 Å². The van der Waals surface area contributed by atoms with E-state index in [2.05, 4.69) is 18.7 Å². The smallest absolute Gasteiger partial charge is 0.123 e. The van der Waals surface area contributed by atoms with Crippen LogP contribution in [0.25, 0.3) is 12.2 Å². The van der Waals surface area contributed by atoms with Crippen LogP contribution in [-0.2, 0) is 0 Å². The molecule has 0 aliphatic heterocycles. The topological polar surface area (TPSA) is 51.2 Å². The average molecular weight is 386 g/mol. The monoisotopic (exact) mass is 385 g/mol. The van der Waals surface area contributed by atoms with Gasteiger partial charge in [-0.05, 0) is 48.5 Å². The predicted octanol–water partition coefficient (Wildman–Crippen LogP) is 3.96. The lowest BCUT2D eigenvalue weighted by Gasteiger charge is -2.21. The second-order valence-corrected chi connectivity index (χ2v) is 6.50. The molecule has 1 N–H and O–H groups in total. The number of hydrogen-bond donors (Lipinski definition) is 1. The summed E-state index contributed by atoms with van der Waals surface area (Å²) in [4.78, 5) is 2.18. The van der Waals surface area contributed by atoms with Crippen molar-refractivity contribution in [3.63, 3.8) is 0 Å². The molecule has 1 atom stereocenters. The molecule has 0 saturated carbocycles. The Morgan fingerprint density at radius 3 is 1.96 bits per heavy atom. The molecule has 0 heterocycles. The molecule has 0 amide bonds. The Labute approximate surface area is 168 Å². The van der Waals surface area contributed by atoms with Crippen LogP contribution in [0.15, 0.2) is 42.5 Å². The van der Waals surface area contributed by atoms with Gasteiger partial charge in [-0.2, -0.15) is 0 Å². The number of methoxy groups -OCH3 is 2. The Morgan fingerprint density at radius 2 is 1.43 bits per heavy atom. The lowest BCUT2D eigenvalue weighted by Crippen LogP contribution is -2.35. The van der Waals surface area contributed by atoms with Crippen LogP contribution in [0.2, 0.25) is 0 Å². The standard InChI is InChI=1S/C23H31NO4/c1-5-24(6-2)16-20(25)17-28-21-11-9-18(10-12-21)7-8-19-13-22(26-3)15-23(14-19)27-4/h7-15,20,25H,5-6,16-17H2,1-4H3/b8-7+/t20-/m1/s1. The number of likely N-dealkylation sites (N-methyl/N-ethyl adjacent to an activating group) is 1.